The van der Waals surface area contributed by atoms with Gasteiger partial charge in [-0.3, -0.25) is 10.1 Å². The number of carbonyl (C=O) groups is 3. The highest BCUT2D eigenvalue weighted by Crippen LogP contribution is 2.23. The summed E-state index contributed by atoms with van der Waals surface area (Å²) in [6.07, 6.45) is 5.20. The van der Waals surface area contributed by atoms with E-state index in [1.165, 1.54) is 12.5 Å². The molecule has 0 saturated heterocycles. The molecule has 3 amide bonds. The van der Waals surface area contributed by atoms with Crippen LogP contribution in [0.4, 0.5) is 4.79 Å². The van der Waals surface area contributed by atoms with Crippen LogP contribution in [0.2, 0.25) is 0 Å². The third-order valence-corrected chi connectivity index (χ3v) is 5.32. The number of esters is 1. The van der Waals surface area contributed by atoms with Gasteiger partial charge < -0.3 is 10.1 Å². The van der Waals surface area contributed by atoms with Gasteiger partial charge >= 0.3 is 12.0 Å². The molecule has 1 aliphatic carbocycles. The van der Waals surface area contributed by atoms with Gasteiger partial charge in [0.2, 0.25) is 5.91 Å². The number of carbonyl (C=O) groups excluding carboxylic acids is 3. The Bertz CT molecular complexity index is 785. The number of hydrogen-bond donors (Lipinski definition) is 2. The third kappa shape index (κ3) is 6.23. The van der Waals surface area contributed by atoms with Gasteiger partial charge in [0.1, 0.15) is 11.1 Å². The Morgan fingerprint density at radius 3 is 2.68 bits per heavy atom. The summed E-state index contributed by atoms with van der Waals surface area (Å²) in [6.45, 7) is 3.55. The van der Waals surface area contributed by atoms with Crippen molar-refractivity contribution < 1.29 is 19.1 Å². The fraction of sp³-hybridized carbons (Fsp3) is 0.526. The molecule has 1 aliphatic rings. The molecule has 9 heteroatoms. The van der Waals surface area contributed by atoms with E-state index in [0.717, 1.165) is 37.4 Å². The first-order valence-electron chi connectivity index (χ1n) is 9.26. The molecular formula is C19H24N4O4S. The number of nitrogens with zero attached hydrogens (tertiary/aromatic N) is 2. The molecule has 1 fully saturated rings. The highest BCUT2D eigenvalue weighted by atomic mass is 32.2. The van der Waals surface area contributed by atoms with Crippen LogP contribution < -0.4 is 10.6 Å². The molecule has 2 N–H and O–H groups in total. The van der Waals surface area contributed by atoms with E-state index >= 15 is 0 Å². The van der Waals surface area contributed by atoms with Gasteiger partial charge in [-0.2, -0.15) is 5.26 Å². The Morgan fingerprint density at radius 1 is 1.32 bits per heavy atom. The van der Waals surface area contributed by atoms with Gasteiger partial charge in [-0.1, -0.05) is 31.0 Å². The topological polar surface area (TPSA) is 121 Å². The van der Waals surface area contributed by atoms with E-state index in [4.69, 9.17) is 4.74 Å². The number of urea groups is 1. The summed E-state index contributed by atoms with van der Waals surface area (Å²) < 4.78 is 4.95. The van der Waals surface area contributed by atoms with E-state index in [0.29, 0.717) is 10.7 Å². The van der Waals surface area contributed by atoms with Crippen LogP contribution in [0.15, 0.2) is 11.1 Å². The zero-order valence-electron chi connectivity index (χ0n) is 16.0. The Kier molecular flexibility index (Phi) is 8.26. The summed E-state index contributed by atoms with van der Waals surface area (Å²) in [4.78, 5) is 40.1. The lowest BCUT2D eigenvalue weighted by molar-refractivity contribution is -0.117. The number of amides is 3. The van der Waals surface area contributed by atoms with Crippen molar-refractivity contribution in [3.8, 4) is 6.07 Å². The summed E-state index contributed by atoms with van der Waals surface area (Å²) >= 11 is 1.04. The number of pyridine rings is 1. The predicted molar refractivity (Wildman–Crippen MR) is 104 cm³/mol. The Hall–Kier alpha value is -2.60. The van der Waals surface area contributed by atoms with Crippen molar-refractivity contribution in [1.29, 1.82) is 5.26 Å². The molecule has 0 spiro atoms. The molecule has 1 aromatic rings. The largest absolute Gasteiger partial charge is 0.462 e. The number of imide groups is 1. The number of thioether (sulfide) groups is 1. The number of ether oxygens (including phenoxy) is 1. The van der Waals surface area contributed by atoms with Gasteiger partial charge in [-0.15, -0.1) is 0 Å². The van der Waals surface area contributed by atoms with Crippen LogP contribution in [-0.4, -0.2) is 41.3 Å². The SMILES string of the molecule is CCOC(=O)c1cc(C#N)c(SCC(=O)NC(=O)NC2CCCCC2)nc1C. The average Bonchev–Trinajstić information content (AvgIpc) is 2.67. The standard InChI is InChI=1S/C19H24N4O4S/c1-3-27-18(25)15-9-13(10-20)17(21-12(15)2)28-11-16(24)23-19(26)22-14-7-5-4-6-8-14/h9,14H,3-8,11H2,1-2H3,(H2,22,23,24,26). The number of rotatable bonds is 6. The molecule has 1 heterocycles. The van der Waals surface area contributed by atoms with Gasteiger partial charge in [-0.25, -0.2) is 14.6 Å². The molecule has 0 bridgehead atoms. The van der Waals surface area contributed by atoms with Crippen LogP contribution >= 0.6 is 11.8 Å². The first-order valence-corrected chi connectivity index (χ1v) is 10.2. The Morgan fingerprint density at radius 2 is 2.04 bits per heavy atom. The summed E-state index contributed by atoms with van der Waals surface area (Å²) in [5, 5.41) is 14.8. The molecule has 28 heavy (non-hydrogen) atoms. The molecule has 0 aromatic carbocycles. The summed E-state index contributed by atoms with van der Waals surface area (Å²) in [5.41, 5.74) is 0.813. The number of nitriles is 1. The highest BCUT2D eigenvalue weighted by Gasteiger charge is 2.19. The van der Waals surface area contributed by atoms with Gasteiger partial charge in [0.05, 0.1) is 29.2 Å². The lowest BCUT2D eigenvalue weighted by Gasteiger charge is -2.22. The van der Waals surface area contributed by atoms with Crippen molar-refractivity contribution in [3.63, 3.8) is 0 Å². The van der Waals surface area contributed by atoms with E-state index < -0.39 is 17.9 Å². The minimum absolute atomic E-state index is 0.0715. The van der Waals surface area contributed by atoms with Crippen molar-refractivity contribution in [3.05, 3.63) is 22.9 Å². The average molecular weight is 404 g/mol. The number of aryl methyl sites for hydroxylation is 1. The molecular weight excluding hydrogens is 380 g/mol. The van der Waals surface area contributed by atoms with Gasteiger partial charge in [0.25, 0.3) is 0 Å². The van der Waals surface area contributed by atoms with Crippen molar-refractivity contribution in [1.82, 2.24) is 15.6 Å². The number of hydrogen-bond acceptors (Lipinski definition) is 7. The van der Waals surface area contributed by atoms with Crippen molar-refractivity contribution in [2.75, 3.05) is 12.4 Å². The minimum atomic E-state index is -0.544. The van der Waals surface area contributed by atoms with Crippen LogP contribution in [0.25, 0.3) is 0 Å². The second-order valence-corrected chi connectivity index (χ2v) is 7.42. The third-order valence-electron chi connectivity index (χ3n) is 4.33. The Labute approximate surface area is 168 Å². The fourth-order valence-electron chi connectivity index (χ4n) is 2.95. The van der Waals surface area contributed by atoms with Crippen LogP contribution in [0.1, 0.15) is 60.6 Å². The van der Waals surface area contributed by atoms with Gasteiger partial charge in [0.15, 0.2) is 0 Å². The number of aromatic nitrogens is 1. The van der Waals surface area contributed by atoms with Gasteiger partial charge in [0, 0.05) is 6.04 Å². The van der Waals surface area contributed by atoms with Gasteiger partial charge in [-0.05, 0) is 32.8 Å². The molecule has 1 saturated carbocycles. The molecule has 8 nitrogen and oxygen atoms in total. The maximum Gasteiger partial charge on any atom is 0.340 e. The summed E-state index contributed by atoms with van der Waals surface area (Å²) in [6, 6.07) is 3.00. The zero-order chi connectivity index (χ0) is 20.5. The Balaban J connectivity index is 1.93. The second kappa shape index (κ2) is 10.7. The van der Waals surface area contributed by atoms with Crippen molar-refractivity contribution in [2.24, 2.45) is 0 Å². The normalized spacial score (nSPS) is 14.0. The molecule has 1 aromatic heterocycles. The van der Waals surface area contributed by atoms with E-state index in [2.05, 4.69) is 15.6 Å². The molecule has 0 aliphatic heterocycles. The first kappa shape index (κ1) is 21.7. The van der Waals surface area contributed by atoms with E-state index in [1.54, 1.807) is 13.8 Å². The maximum absolute atomic E-state index is 12.0. The zero-order valence-corrected chi connectivity index (χ0v) is 16.9. The van der Waals surface area contributed by atoms with Crippen LogP contribution in [0, 0.1) is 18.3 Å². The fourth-order valence-corrected chi connectivity index (χ4v) is 3.76. The van der Waals surface area contributed by atoms with Crippen LogP contribution in [0.5, 0.6) is 0 Å². The van der Waals surface area contributed by atoms with E-state index in [-0.39, 0.29) is 29.5 Å². The molecule has 0 unspecified atom stereocenters. The molecule has 0 radical (unpaired) electrons. The summed E-state index contributed by atoms with van der Waals surface area (Å²) in [5.74, 6) is -1.09. The maximum atomic E-state index is 12.0. The quantitative estimate of drug-likeness (QED) is 0.552. The monoisotopic (exact) mass is 404 g/mol. The lowest BCUT2D eigenvalue weighted by Crippen LogP contribution is -2.45. The van der Waals surface area contributed by atoms with Crippen molar-refractivity contribution >= 4 is 29.7 Å². The predicted octanol–water partition coefficient (Wildman–Crippen LogP) is 2.69. The van der Waals surface area contributed by atoms with E-state index in [1.807, 2.05) is 6.07 Å². The van der Waals surface area contributed by atoms with E-state index in [9.17, 15) is 19.6 Å². The summed E-state index contributed by atoms with van der Waals surface area (Å²) in [7, 11) is 0. The lowest BCUT2D eigenvalue weighted by atomic mass is 9.96. The smallest absolute Gasteiger partial charge is 0.340 e. The van der Waals surface area contributed by atoms with Crippen LogP contribution in [-0.2, 0) is 9.53 Å². The molecule has 0 atom stereocenters. The van der Waals surface area contributed by atoms with Crippen molar-refractivity contribution in [2.45, 2.75) is 57.0 Å². The molecule has 150 valence electrons. The van der Waals surface area contributed by atoms with Crippen LogP contribution in [0.3, 0.4) is 0 Å². The first-order chi connectivity index (χ1) is 13.4. The highest BCUT2D eigenvalue weighted by molar-refractivity contribution is 8.00. The second-order valence-electron chi connectivity index (χ2n) is 6.45. The minimum Gasteiger partial charge on any atom is -0.462 e. The molecule has 2 rings (SSSR count). The number of nitrogens with one attached hydrogen (secondary N) is 2.